The van der Waals surface area contributed by atoms with Gasteiger partial charge in [-0.15, -0.1) is 0 Å². The molecule has 0 unspecified atom stereocenters. The first kappa shape index (κ1) is 9.36. The van der Waals surface area contributed by atoms with E-state index >= 15 is 0 Å². The van der Waals surface area contributed by atoms with Crippen LogP contribution in [0.4, 0.5) is 0 Å². The lowest BCUT2D eigenvalue weighted by molar-refractivity contribution is -0.0142. The molecule has 1 aromatic rings. The summed E-state index contributed by atoms with van der Waals surface area (Å²) in [6.07, 6.45) is 9.31. The summed E-state index contributed by atoms with van der Waals surface area (Å²) in [6, 6.07) is 0.479. The molecule has 0 aliphatic carbocycles. The quantitative estimate of drug-likeness (QED) is 0.745. The zero-order valence-electron chi connectivity index (χ0n) is 8.85. The Hall–Kier alpha value is -0.870. The fourth-order valence-electron chi connectivity index (χ4n) is 2.73. The van der Waals surface area contributed by atoms with Crippen molar-refractivity contribution in [2.24, 2.45) is 0 Å². The van der Waals surface area contributed by atoms with E-state index in [0.717, 1.165) is 26.1 Å². The van der Waals surface area contributed by atoms with E-state index in [1.165, 1.54) is 12.8 Å². The summed E-state index contributed by atoms with van der Waals surface area (Å²) in [5.74, 6) is 0. The van der Waals surface area contributed by atoms with E-state index in [1.807, 2.05) is 18.7 Å². The highest BCUT2D eigenvalue weighted by Crippen LogP contribution is 2.37. The Bertz CT molecular complexity index is 317. The van der Waals surface area contributed by atoms with Crippen LogP contribution in [0.1, 0.15) is 25.3 Å². The molecule has 0 saturated carbocycles. The van der Waals surface area contributed by atoms with E-state index in [1.54, 1.807) is 0 Å². The second-order valence-corrected chi connectivity index (χ2v) is 4.64. The first-order chi connectivity index (χ1) is 7.38. The van der Waals surface area contributed by atoms with E-state index < -0.39 is 0 Å². The van der Waals surface area contributed by atoms with Gasteiger partial charge in [0, 0.05) is 25.4 Å². The fraction of sp³-hybridized carbons (Fsp3) is 0.727. The van der Waals surface area contributed by atoms with E-state index in [-0.39, 0.29) is 5.60 Å². The minimum Gasteiger partial charge on any atom is -0.371 e. The van der Waals surface area contributed by atoms with Crippen molar-refractivity contribution in [3.8, 4) is 0 Å². The predicted molar refractivity (Wildman–Crippen MR) is 56.7 cm³/mol. The van der Waals surface area contributed by atoms with E-state index in [9.17, 15) is 0 Å². The third kappa shape index (κ3) is 1.68. The van der Waals surface area contributed by atoms with Gasteiger partial charge in [-0.3, -0.25) is 0 Å². The number of ether oxygens (including phenoxy) is 1. The second kappa shape index (κ2) is 3.61. The maximum absolute atomic E-state index is 6.01. The highest BCUT2D eigenvalue weighted by atomic mass is 16.5. The average Bonchev–Trinajstić information content (AvgIpc) is 2.88. The summed E-state index contributed by atoms with van der Waals surface area (Å²) >= 11 is 0. The molecule has 1 spiro atoms. The van der Waals surface area contributed by atoms with Crippen LogP contribution in [0.2, 0.25) is 0 Å². The van der Waals surface area contributed by atoms with Gasteiger partial charge in [-0.1, -0.05) is 0 Å². The van der Waals surface area contributed by atoms with E-state index in [4.69, 9.17) is 4.74 Å². The minimum atomic E-state index is 0.104. The maximum Gasteiger partial charge on any atom is 0.0949 e. The van der Waals surface area contributed by atoms with Crippen LogP contribution in [0, 0.1) is 0 Å². The van der Waals surface area contributed by atoms with Gasteiger partial charge in [-0.05, 0) is 19.4 Å². The molecule has 0 radical (unpaired) electrons. The van der Waals surface area contributed by atoms with Gasteiger partial charge in [-0.2, -0.15) is 0 Å². The Kier molecular flexibility index (Phi) is 2.25. The standard InChI is InChI=1S/C11H17N3O/c1-2-11(8-12-3-1)6-10(7-15-11)14-5-4-13-9-14/h4-5,9-10,12H,1-3,6-8H2/t10-,11-/m0/s1. The number of imidazole rings is 1. The molecule has 0 aromatic carbocycles. The molecule has 0 amide bonds. The van der Waals surface area contributed by atoms with Gasteiger partial charge >= 0.3 is 0 Å². The van der Waals surface area contributed by atoms with Crippen molar-refractivity contribution >= 4 is 0 Å². The summed E-state index contributed by atoms with van der Waals surface area (Å²) in [7, 11) is 0. The van der Waals surface area contributed by atoms with Crippen LogP contribution < -0.4 is 5.32 Å². The van der Waals surface area contributed by atoms with E-state index in [2.05, 4.69) is 14.9 Å². The molecular formula is C11H17N3O. The zero-order valence-corrected chi connectivity index (χ0v) is 8.85. The van der Waals surface area contributed by atoms with Crippen LogP contribution in [0.5, 0.6) is 0 Å². The van der Waals surface area contributed by atoms with Crippen LogP contribution in [-0.4, -0.2) is 34.8 Å². The molecule has 2 aliphatic rings. The summed E-state index contributed by atoms with van der Waals surface area (Å²) in [5, 5.41) is 3.43. The third-order valence-electron chi connectivity index (χ3n) is 3.57. The predicted octanol–water partition coefficient (Wildman–Crippen LogP) is 0.967. The number of nitrogens with zero attached hydrogens (tertiary/aromatic N) is 2. The van der Waals surface area contributed by atoms with Crippen molar-refractivity contribution in [3.63, 3.8) is 0 Å². The van der Waals surface area contributed by atoms with Gasteiger partial charge in [0.25, 0.3) is 0 Å². The molecule has 1 aromatic heterocycles. The third-order valence-corrected chi connectivity index (χ3v) is 3.57. The molecule has 2 fully saturated rings. The Morgan fingerprint density at radius 3 is 3.27 bits per heavy atom. The van der Waals surface area contributed by atoms with Crippen molar-refractivity contribution in [2.75, 3.05) is 19.7 Å². The highest BCUT2D eigenvalue weighted by Gasteiger charge is 2.41. The molecule has 15 heavy (non-hydrogen) atoms. The molecule has 4 heteroatoms. The lowest BCUT2D eigenvalue weighted by Crippen LogP contribution is -2.45. The lowest BCUT2D eigenvalue weighted by Gasteiger charge is -2.33. The maximum atomic E-state index is 6.01. The fourth-order valence-corrected chi connectivity index (χ4v) is 2.73. The van der Waals surface area contributed by atoms with Gasteiger partial charge < -0.3 is 14.6 Å². The van der Waals surface area contributed by atoms with Crippen molar-refractivity contribution in [2.45, 2.75) is 30.9 Å². The van der Waals surface area contributed by atoms with Gasteiger partial charge in [0.2, 0.25) is 0 Å². The second-order valence-electron chi connectivity index (χ2n) is 4.64. The number of nitrogens with one attached hydrogen (secondary N) is 1. The Morgan fingerprint density at radius 2 is 2.53 bits per heavy atom. The number of aromatic nitrogens is 2. The molecule has 82 valence electrons. The Balaban J connectivity index is 1.72. The molecule has 3 heterocycles. The Labute approximate surface area is 89.6 Å². The van der Waals surface area contributed by atoms with Gasteiger partial charge in [-0.25, -0.2) is 4.98 Å². The topological polar surface area (TPSA) is 39.1 Å². The average molecular weight is 207 g/mol. The van der Waals surface area contributed by atoms with Crippen molar-refractivity contribution in [3.05, 3.63) is 18.7 Å². The molecule has 0 bridgehead atoms. The summed E-state index contributed by atoms with van der Waals surface area (Å²) in [5.41, 5.74) is 0.104. The van der Waals surface area contributed by atoms with Crippen LogP contribution in [0.3, 0.4) is 0 Å². The summed E-state index contributed by atoms with van der Waals surface area (Å²) < 4.78 is 8.18. The normalized spacial score (nSPS) is 36.1. The first-order valence-electron chi connectivity index (χ1n) is 5.70. The van der Waals surface area contributed by atoms with E-state index in [0.29, 0.717) is 6.04 Å². The van der Waals surface area contributed by atoms with Gasteiger partial charge in [0.05, 0.1) is 24.6 Å². The number of hydrogen-bond acceptors (Lipinski definition) is 3. The van der Waals surface area contributed by atoms with Crippen LogP contribution in [0.25, 0.3) is 0 Å². The highest BCUT2D eigenvalue weighted by molar-refractivity contribution is 4.96. The van der Waals surface area contributed by atoms with Crippen molar-refractivity contribution in [1.29, 1.82) is 0 Å². The smallest absolute Gasteiger partial charge is 0.0949 e. The van der Waals surface area contributed by atoms with Gasteiger partial charge in [0.1, 0.15) is 0 Å². The molecule has 2 aliphatic heterocycles. The largest absolute Gasteiger partial charge is 0.371 e. The number of rotatable bonds is 1. The lowest BCUT2D eigenvalue weighted by atomic mass is 9.90. The molecule has 4 nitrogen and oxygen atoms in total. The monoisotopic (exact) mass is 207 g/mol. The molecule has 2 atom stereocenters. The summed E-state index contributed by atoms with van der Waals surface area (Å²) in [6.45, 7) is 2.98. The molecule has 3 rings (SSSR count). The van der Waals surface area contributed by atoms with Crippen LogP contribution >= 0.6 is 0 Å². The SMILES string of the molecule is c1cn([C@@H]2CO[C@@]3(CCCNC3)C2)cn1. The van der Waals surface area contributed by atoms with Crippen LogP contribution in [-0.2, 0) is 4.74 Å². The Morgan fingerprint density at radius 1 is 1.53 bits per heavy atom. The first-order valence-corrected chi connectivity index (χ1v) is 5.70. The van der Waals surface area contributed by atoms with Crippen molar-refractivity contribution < 1.29 is 4.74 Å². The number of hydrogen-bond donors (Lipinski definition) is 1. The van der Waals surface area contributed by atoms with Crippen LogP contribution in [0.15, 0.2) is 18.7 Å². The zero-order chi connectivity index (χ0) is 10.1. The summed E-state index contributed by atoms with van der Waals surface area (Å²) in [4.78, 5) is 4.09. The molecular weight excluding hydrogens is 190 g/mol. The molecule has 2 saturated heterocycles. The van der Waals surface area contributed by atoms with Crippen molar-refractivity contribution in [1.82, 2.24) is 14.9 Å². The number of piperidine rings is 1. The minimum absolute atomic E-state index is 0.104. The molecule has 1 N–H and O–H groups in total. The van der Waals surface area contributed by atoms with Gasteiger partial charge in [0.15, 0.2) is 0 Å².